The highest BCUT2D eigenvalue weighted by Crippen LogP contribution is 2.37. The third kappa shape index (κ3) is 3.01. The van der Waals surface area contributed by atoms with Gasteiger partial charge in [-0.25, -0.2) is 4.79 Å². The summed E-state index contributed by atoms with van der Waals surface area (Å²) in [6, 6.07) is 7.71. The Morgan fingerprint density at radius 2 is 2.26 bits per heavy atom. The average Bonchev–Trinajstić information content (AvgIpc) is 3.14. The highest BCUT2D eigenvalue weighted by atomic mass is 16.5. The Hall–Kier alpha value is -2.89. The van der Waals surface area contributed by atoms with Crippen molar-refractivity contribution < 1.29 is 14.3 Å². The predicted octanol–water partition coefficient (Wildman–Crippen LogP) is 1.84. The fourth-order valence-electron chi connectivity index (χ4n) is 2.59. The van der Waals surface area contributed by atoms with Crippen LogP contribution >= 0.6 is 0 Å². The van der Waals surface area contributed by atoms with E-state index >= 15 is 0 Å². The van der Waals surface area contributed by atoms with Crippen molar-refractivity contribution in [2.45, 2.75) is 19.1 Å². The Bertz CT molecular complexity index is 763. The van der Waals surface area contributed by atoms with Crippen LogP contribution in [0.4, 0.5) is 0 Å². The number of nitrogens with one attached hydrogen (secondary N) is 1. The second-order valence-corrected chi connectivity index (χ2v) is 5.39. The number of cyclic esters (lactones) is 1. The average molecular weight is 311 g/mol. The molecular weight excluding hydrogens is 294 g/mol. The number of amides is 1. The highest BCUT2D eigenvalue weighted by Gasteiger charge is 2.30. The summed E-state index contributed by atoms with van der Waals surface area (Å²) in [6.07, 6.45) is 3.67. The number of esters is 1. The molecule has 6 heteroatoms. The number of ether oxygens (including phenoxy) is 1. The summed E-state index contributed by atoms with van der Waals surface area (Å²) in [5.74, 6) is -0.464. The van der Waals surface area contributed by atoms with Crippen molar-refractivity contribution in [2.24, 2.45) is 0 Å². The second-order valence-electron chi connectivity index (χ2n) is 5.39. The lowest BCUT2D eigenvalue weighted by Gasteiger charge is -2.13. The van der Waals surface area contributed by atoms with Crippen molar-refractivity contribution in [3.8, 4) is 11.1 Å². The largest absolute Gasteiger partial charge is 0.454 e. The molecule has 1 atom stereocenters. The van der Waals surface area contributed by atoms with E-state index < -0.39 is 0 Å². The zero-order valence-corrected chi connectivity index (χ0v) is 12.8. The van der Waals surface area contributed by atoms with Crippen LogP contribution in [0.15, 0.2) is 48.8 Å². The predicted molar refractivity (Wildman–Crippen MR) is 84.3 cm³/mol. The van der Waals surface area contributed by atoms with Crippen molar-refractivity contribution in [3.05, 3.63) is 54.4 Å². The molecule has 118 valence electrons. The minimum atomic E-state index is -0.347. The number of hydrogen-bond donors (Lipinski definition) is 1. The molecule has 1 unspecified atom stereocenters. The molecule has 1 aromatic carbocycles. The number of benzene rings is 1. The molecule has 1 N–H and O–H groups in total. The number of nitrogens with zero attached hydrogens (tertiary/aromatic N) is 2. The number of likely N-dealkylation sites (N-methyl/N-ethyl adjacent to an activating group) is 1. The highest BCUT2D eigenvalue weighted by molar-refractivity contribution is 5.90. The molecule has 0 spiro atoms. The standard InChI is InChI=1S/C17H17N3O3/c1-11-7-15(23-17(11)22)14-6-4-3-5-13(14)12-8-19-20(9-12)10-16(21)18-2/h3-6,8-9,15H,1,7,10H2,2H3,(H,18,21). The van der Waals surface area contributed by atoms with Gasteiger partial charge in [0.25, 0.3) is 0 Å². The molecule has 1 amide bonds. The zero-order valence-electron chi connectivity index (χ0n) is 12.8. The van der Waals surface area contributed by atoms with E-state index in [2.05, 4.69) is 17.0 Å². The molecule has 0 radical (unpaired) electrons. The number of aromatic nitrogens is 2. The maximum Gasteiger partial charge on any atom is 0.334 e. The second kappa shape index (κ2) is 6.08. The van der Waals surface area contributed by atoms with Crippen LogP contribution in [0.2, 0.25) is 0 Å². The molecule has 1 aliphatic rings. The van der Waals surface area contributed by atoms with E-state index in [9.17, 15) is 9.59 Å². The smallest absolute Gasteiger partial charge is 0.334 e. The number of rotatable bonds is 4. The van der Waals surface area contributed by atoms with Crippen LogP contribution in [0.3, 0.4) is 0 Å². The Balaban J connectivity index is 1.90. The third-order valence-corrected chi connectivity index (χ3v) is 3.81. The Morgan fingerprint density at radius 1 is 1.48 bits per heavy atom. The molecule has 2 aromatic rings. The molecular formula is C17H17N3O3. The summed E-state index contributed by atoms with van der Waals surface area (Å²) in [7, 11) is 1.59. The van der Waals surface area contributed by atoms with Crippen LogP contribution < -0.4 is 5.32 Å². The van der Waals surface area contributed by atoms with Crippen LogP contribution in [0.25, 0.3) is 11.1 Å². The molecule has 1 fully saturated rings. The van der Waals surface area contributed by atoms with Crippen molar-refractivity contribution in [1.29, 1.82) is 0 Å². The Kier molecular flexibility index (Phi) is 3.97. The van der Waals surface area contributed by atoms with Crippen LogP contribution in [-0.2, 0) is 20.9 Å². The number of carbonyl (C=O) groups excluding carboxylic acids is 2. The van der Waals surface area contributed by atoms with Gasteiger partial charge in [-0.05, 0) is 5.56 Å². The quantitative estimate of drug-likeness (QED) is 0.691. The van der Waals surface area contributed by atoms with E-state index in [-0.39, 0.29) is 24.5 Å². The van der Waals surface area contributed by atoms with E-state index in [4.69, 9.17) is 4.74 Å². The van der Waals surface area contributed by atoms with Crippen molar-refractivity contribution >= 4 is 11.9 Å². The summed E-state index contributed by atoms with van der Waals surface area (Å²) in [5.41, 5.74) is 3.21. The van der Waals surface area contributed by atoms with Gasteiger partial charge in [0.05, 0.1) is 6.20 Å². The van der Waals surface area contributed by atoms with Gasteiger partial charge in [0.15, 0.2) is 0 Å². The van der Waals surface area contributed by atoms with Gasteiger partial charge in [-0.2, -0.15) is 5.10 Å². The first-order valence-corrected chi connectivity index (χ1v) is 7.29. The summed E-state index contributed by atoms with van der Waals surface area (Å²) in [6.45, 7) is 3.88. The molecule has 3 rings (SSSR count). The van der Waals surface area contributed by atoms with Gasteiger partial charge < -0.3 is 10.1 Å². The van der Waals surface area contributed by atoms with Crippen molar-refractivity contribution in [1.82, 2.24) is 15.1 Å². The Morgan fingerprint density at radius 3 is 2.96 bits per heavy atom. The maximum absolute atomic E-state index is 11.6. The fraction of sp³-hybridized carbons (Fsp3) is 0.235. The number of carbonyl (C=O) groups is 2. The van der Waals surface area contributed by atoms with Gasteiger partial charge in [0, 0.05) is 36.4 Å². The molecule has 0 bridgehead atoms. The normalized spacial score (nSPS) is 17.2. The molecule has 1 aromatic heterocycles. The Labute approximate surface area is 133 Å². The summed E-state index contributed by atoms with van der Waals surface area (Å²) in [5, 5.41) is 6.77. The minimum absolute atomic E-state index is 0.117. The fourth-order valence-corrected chi connectivity index (χ4v) is 2.59. The minimum Gasteiger partial charge on any atom is -0.454 e. The first-order valence-electron chi connectivity index (χ1n) is 7.29. The molecule has 1 saturated heterocycles. The molecule has 6 nitrogen and oxygen atoms in total. The van der Waals surface area contributed by atoms with Gasteiger partial charge in [0.2, 0.25) is 5.91 Å². The van der Waals surface area contributed by atoms with E-state index in [0.717, 1.165) is 16.7 Å². The SMILES string of the molecule is C=C1CC(c2ccccc2-c2cnn(CC(=O)NC)c2)OC1=O. The number of hydrogen-bond acceptors (Lipinski definition) is 4. The molecule has 23 heavy (non-hydrogen) atoms. The van der Waals surface area contributed by atoms with Gasteiger partial charge in [-0.15, -0.1) is 0 Å². The van der Waals surface area contributed by atoms with Crippen molar-refractivity contribution in [3.63, 3.8) is 0 Å². The molecule has 1 aliphatic heterocycles. The monoisotopic (exact) mass is 311 g/mol. The molecule has 0 aliphatic carbocycles. The van der Waals surface area contributed by atoms with Crippen LogP contribution in [-0.4, -0.2) is 28.7 Å². The van der Waals surface area contributed by atoms with Crippen LogP contribution in [0.5, 0.6) is 0 Å². The van der Waals surface area contributed by atoms with E-state index in [1.54, 1.807) is 24.1 Å². The van der Waals surface area contributed by atoms with Crippen LogP contribution in [0.1, 0.15) is 18.1 Å². The lowest BCUT2D eigenvalue weighted by molar-refractivity contribution is -0.139. The molecule has 2 heterocycles. The van der Waals surface area contributed by atoms with E-state index in [0.29, 0.717) is 12.0 Å². The third-order valence-electron chi connectivity index (χ3n) is 3.81. The van der Waals surface area contributed by atoms with Gasteiger partial charge in [0.1, 0.15) is 12.6 Å². The van der Waals surface area contributed by atoms with E-state index in [1.807, 2.05) is 24.3 Å². The van der Waals surface area contributed by atoms with Crippen molar-refractivity contribution in [2.75, 3.05) is 7.05 Å². The van der Waals surface area contributed by atoms with Gasteiger partial charge >= 0.3 is 5.97 Å². The first-order chi connectivity index (χ1) is 11.1. The van der Waals surface area contributed by atoms with E-state index in [1.165, 1.54) is 0 Å². The topological polar surface area (TPSA) is 73.2 Å². The van der Waals surface area contributed by atoms with Crippen LogP contribution in [0, 0.1) is 0 Å². The summed E-state index contributed by atoms with van der Waals surface area (Å²) < 4.78 is 6.95. The first kappa shape index (κ1) is 15.0. The lowest BCUT2D eigenvalue weighted by atomic mass is 9.96. The maximum atomic E-state index is 11.6. The van der Waals surface area contributed by atoms with Gasteiger partial charge in [-0.1, -0.05) is 30.8 Å². The molecule has 0 saturated carbocycles. The van der Waals surface area contributed by atoms with Gasteiger partial charge in [-0.3, -0.25) is 9.48 Å². The summed E-state index contributed by atoms with van der Waals surface area (Å²) >= 11 is 0. The zero-order chi connectivity index (χ0) is 16.4. The lowest BCUT2D eigenvalue weighted by Crippen LogP contribution is -2.23. The summed E-state index contributed by atoms with van der Waals surface area (Å²) in [4.78, 5) is 23.0.